The lowest BCUT2D eigenvalue weighted by Gasteiger charge is -2.11. The van der Waals surface area contributed by atoms with Crippen molar-refractivity contribution in [2.45, 2.75) is 13.0 Å². The smallest absolute Gasteiger partial charge is 0.156 e. The number of aliphatic hydroxyl groups excluding tert-OH is 1. The molecule has 0 aliphatic heterocycles. The lowest BCUT2D eigenvalue weighted by Crippen LogP contribution is -2.13. The van der Waals surface area contributed by atoms with Crippen molar-refractivity contribution in [2.24, 2.45) is 0 Å². The Morgan fingerprint density at radius 3 is 2.21 bits per heavy atom. The van der Waals surface area contributed by atoms with Gasteiger partial charge in [-0.25, -0.2) is 0 Å². The van der Waals surface area contributed by atoms with Gasteiger partial charge in [-0.3, -0.25) is 0 Å². The van der Waals surface area contributed by atoms with Crippen LogP contribution in [0, 0.1) is 0 Å². The summed E-state index contributed by atoms with van der Waals surface area (Å²) in [6.45, 7) is 1.75. The van der Waals surface area contributed by atoms with E-state index in [0.29, 0.717) is 20.8 Å². The maximum atomic E-state index is 9.01. The fourth-order valence-electron chi connectivity index (χ4n) is 0.871. The van der Waals surface area contributed by atoms with E-state index < -0.39 is 6.10 Å². The quantitative estimate of drug-likeness (QED) is 0.897. The van der Waals surface area contributed by atoms with E-state index in [1.54, 1.807) is 6.92 Å². The normalized spacial score (nSPS) is 12.6. The van der Waals surface area contributed by atoms with Gasteiger partial charge in [0.1, 0.15) is 6.61 Å². The highest BCUT2D eigenvalue weighted by Crippen LogP contribution is 2.35. The number of hydrogen-bond donors (Lipinski definition) is 1. The molecule has 0 spiro atoms. The lowest BCUT2D eigenvalue weighted by atomic mass is 10.3. The number of ether oxygens (including phenoxy) is 1. The molecular formula is C9H9Cl3O2. The standard InChI is InChI=1S/C9H9Cl3O2/c1-5(13)4-14-9-7(11)2-6(10)3-8(9)12/h2-3,5,13H,4H2,1H3/t5-/m0/s1. The Balaban J connectivity index is 2.86. The molecule has 2 nitrogen and oxygen atoms in total. The Labute approximate surface area is 97.3 Å². The second kappa shape index (κ2) is 5.08. The Bertz CT molecular complexity index is 303. The number of aliphatic hydroxyl groups is 1. The van der Waals surface area contributed by atoms with Crippen molar-refractivity contribution in [3.63, 3.8) is 0 Å². The van der Waals surface area contributed by atoms with Gasteiger partial charge in [0.15, 0.2) is 5.75 Å². The summed E-state index contributed by atoms with van der Waals surface area (Å²) >= 11 is 17.4. The first-order valence-electron chi connectivity index (χ1n) is 3.96. The van der Waals surface area contributed by atoms with Gasteiger partial charge >= 0.3 is 0 Å². The highest BCUT2D eigenvalue weighted by Gasteiger charge is 2.09. The zero-order valence-corrected chi connectivity index (χ0v) is 9.70. The fourth-order valence-corrected chi connectivity index (χ4v) is 1.80. The zero-order chi connectivity index (χ0) is 10.7. The van der Waals surface area contributed by atoms with Crippen molar-refractivity contribution in [3.8, 4) is 5.75 Å². The molecule has 1 N–H and O–H groups in total. The molecule has 0 fully saturated rings. The predicted octanol–water partition coefficient (Wildman–Crippen LogP) is 3.41. The van der Waals surface area contributed by atoms with E-state index in [-0.39, 0.29) is 6.61 Å². The summed E-state index contributed by atoms with van der Waals surface area (Å²) in [5.41, 5.74) is 0. The number of halogens is 3. The summed E-state index contributed by atoms with van der Waals surface area (Å²) in [5, 5.41) is 10.1. The number of rotatable bonds is 3. The minimum atomic E-state index is -0.571. The van der Waals surface area contributed by atoms with Crippen LogP contribution in [0.25, 0.3) is 0 Å². The summed E-state index contributed by atoms with van der Waals surface area (Å²) in [6.07, 6.45) is -0.571. The summed E-state index contributed by atoms with van der Waals surface area (Å²) < 4.78 is 5.21. The van der Waals surface area contributed by atoms with Gasteiger partial charge in [0.05, 0.1) is 16.1 Å². The Morgan fingerprint density at radius 1 is 1.29 bits per heavy atom. The minimum Gasteiger partial charge on any atom is -0.488 e. The second-order valence-electron chi connectivity index (χ2n) is 2.86. The monoisotopic (exact) mass is 254 g/mol. The van der Waals surface area contributed by atoms with Gasteiger partial charge in [0, 0.05) is 5.02 Å². The molecular weight excluding hydrogens is 246 g/mol. The third kappa shape index (κ3) is 3.21. The van der Waals surface area contributed by atoms with Gasteiger partial charge < -0.3 is 9.84 Å². The predicted molar refractivity (Wildman–Crippen MR) is 58.6 cm³/mol. The van der Waals surface area contributed by atoms with Gasteiger partial charge in [0.25, 0.3) is 0 Å². The first kappa shape index (κ1) is 11.9. The van der Waals surface area contributed by atoms with Crippen LogP contribution in [0.3, 0.4) is 0 Å². The third-order valence-electron chi connectivity index (χ3n) is 1.43. The largest absolute Gasteiger partial charge is 0.488 e. The molecule has 0 aromatic heterocycles. The van der Waals surface area contributed by atoms with E-state index in [1.807, 2.05) is 0 Å². The Morgan fingerprint density at radius 2 is 1.79 bits per heavy atom. The molecule has 1 atom stereocenters. The molecule has 1 aromatic rings. The highest BCUT2D eigenvalue weighted by atomic mass is 35.5. The van der Waals surface area contributed by atoms with Crippen LogP contribution in [0.15, 0.2) is 12.1 Å². The Hall–Kier alpha value is -0.150. The van der Waals surface area contributed by atoms with E-state index >= 15 is 0 Å². The summed E-state index contributed by atoms with van der Waals surface area (Å²) in [5.74, 6) is 0.346. The summed E-state index contributed by atoms with van der Waals surface area (Å²) in [7, 11) is 0. The van der Waals surface area contributed by atoms with E-state index in [1.165, 1.54) is 12.1 Å². The molecule has 1 aromatic carbocycles. The van der Waals surface area contributed by atoms with Crippen LogP contribution in [-0.2, 0) is 0 Å². The summed E-state index contributed by atoms with van der Waals surface area (Å²) in [4.78, 5) is 0. The average molecular weight is 256 g/mol. The highest BCUT2D eigenvalue weighted by molar-refractivity contribution is 6.40. The van der Waals surface area contributed by atoms with Gasteiger partial charge in [-0.05, 0) is 19.1 Å². The molecule has 0 saturated heterocycles. The molecule has 0 saturated carbocycles. The van der Waals surface area contributed by atoms with Crippen LogP contribution in [0.2, 0.25) is 15.1 Å². The van der Waals surface area contributed by atoms with Crippen molar-refractivity contribution in [2.75, 3.05) is 6.61 Å². The van der Waals surface area contributed by atoms with Gasteiger partial charge in [-0.1, -0.05) is 34.8 Å². The van der Waals surface area contributed by atoms with Crippen molar-refractivity contribution in [1.82, 2.24) is 0 Å². The molecule has 0 heterocycles. The van der Waals surface area contributed by atoms with Crippen molar-refractivity contribution in [3.05, 3.63) is 27.2 Å². The number of hydrogen-bond acceptors (Lipinski definition) is 2. The van der Waals surface area contributed by atoms with Crippen LogP contribution < -0.4 is 4.74 Å². The molecule has 5 heteroatoms. The van der Waals surface area contributed by atoms with Crippen LogP contribution in [0.5, 0.6) is 5.75 Å². The van der Waals surface area contributed by atoms with Gasteiger partial charge in [0.2, 0.25) is 0 Å². The molecule has 78 valence electrons. The number of benzene rings is 1. The first-order valence-corrected chi connectivity index (χ1v) is 5.09. The maximum Gasteiger partial charge on any atom is 0.156 e. The van der Waals surface area contributed by atoms with Gasteiger partial charge in [-0.15, -0.1) is 0 Å². The third-order valence-corrected chi connectivity index (χ3v) is 2.21. The van der Waals surface area contributed by atoms with Crippen LogP contribution in [0.4, 0.5) is 0 Å². The average Bonchev–Trinajstić information content (AvgIpc) is 2.01. The van der Waals surface area contributed by atoms with Crippen molar-refractivity contribution >= 4 is 34.8 Å². The van der Waals surface area contributed by atoms with Crippen LogP contribution in [-0.4, -0.2) is 17.8 Å². The molecule has 14 heavy (non-hydrogen) atoms. The van der Waals surface area contributed by atoms with E-state index in [9.17, 15) is 0 Å². The molecule has 0 bridgehead atoms. The molecule has 1 rings (SSSR count). The zero-order valence-electron chi connectivity index (χ0n) is 7.43. The van der Waals surface area contributed by atoms with Crippen molar-refractivity contribution in [1.29, 1.82) is 0 Å². The molecule has 0 aliphatic carbocycles. The Kier molecular flexibility index (Phi) is 4.32. The topological polar surface area (TPSA) is 29.5 Å². The van der Waals surface area contributed by atoms with E-state index in [4.69, 9.17) is 44.6 Å². The maximum absolute atomic E-state index is 9.01. The summed E-state index contributed by atoms with van der Waals surface area (Å²) in [6, 6.07) is 3.07. The first-order chi connectivity index (χ1) is 6.50. The SMILES string of the molecule is C[C@H](O)COc1c(Cl)cc(Cl)cc1Cl. The molecule has 0 aliphatic rings. The van der Waals surface area contributed by atoms with Crippen LogP contribution >= 0.6 is 34.8 Å². The molecule has 0 unspecified atom stereocenters. The minimum absolute atomic E-state index is 0.140. The van der Waals surface area contributed by atoms with Crippen molar-refractivity contribution < 1.29 is 9.84 Å². The van der Waals surface area contributed by atoms with E-state index in [0.717, 1.165) is 0 Å². The lowest BCUT2D eigenvalue weighted by molar-refractivity contribution is 0.123. The van der Waals surface area contributed by atoms with Gasteiger partial charge in [-0.2, -0.15) is 0 Å². The van der Waals surface area contributed by atoms with E-state index in [2.05, 4.69) is 0 Å². The fraction of sp³-hybridized carbons (Fsp3) is 0.333. The molecule has 0 amide bonds. The molecule has 0 radical (unpaired) electrons. The van der Waals surface area contributed by atoms with Crippen LogP contribution in [0.1, 0.15) is 6.92 Å². The second-order valence-corrected chi connectivity index (χ2v) is 4.11.